The van der Waals surface area contributed by atoms with Crippen LogP contribution in [0.5, 0.6) is 0 Å². The number of phosphoric acid groups is 3. The van der Waals surface area contributed by atoms with Gasteiger partial charge in [0.1, 0.15) is 43.1 Å². The van der Waals surface area contributed by atoms with Gasteiger partial charge < -0.3 is 60.9 Å². The molecular weight excluding hydrogens is 855 g/mol. The number of carbonyl (C=O) groups is 5. The molecule has 0 saturated carbocycles. The third-order valence-corrected chi connectivity index (χ3v) is 10.8. The number of fused-ring (bicyclic) bond motifs is 1. The summed E-state index contributed by atoms with van der Waals surface area (Å²) in [6.07, 6.45) is -8.17. The standard InChI is InChI=1S/C23H40N7O17P3S.C3H4O3/c1-12(31)29-11-30(20-15(29)19(24)27-10-28-20)22-16(33)17(46-48(36,37)38)13(45-22)8-43-49(39,40)47-50(41,42)44-9-23(2,3)18(34)21(35)26-5-4-14(32)25-6-7-51;1-2(4)3(5)6/h10,13,16-18,22,33-34,51H,4-9,11H2,1-3H3,(H,25,32)(H,26,35)(H,39,40)(H,41,42)(H2,24,27,28)(H2,36,37,38);1H3,(H,5,6)/t13-,16-,17-,18+,22-;/m1./s1. The van der Waals surface area contributed by atoms with Crippen LogP contribution >= 0.6 is 36.1 Å². The number of hydrogen-bond donors (Lipinski definition) is 11. The zero-order chi connectivity index (χ0) is 43.7. The molecule has 31 heteroatoms. The van der Waals surface area contributed by atoms with Crippen molar-refractivity contribution in [3.05, 3.63) is 6.33 Å². The number of nitrogens with one attached hydrogen (secondary N) is 2. The van der Waals surface area contributed by atoms with Gasteiger partial charge in [-0.05, 0) is 0 Å². The molecule has 0 aromatic carbocycles. The van der Waals surface area contributed by atoms with Crippen LogP contribution in [-0.4, -0.2) is 144 Å². The molecule has 2 unspecified atom stereocenters. The second kappa shape index (κ2) is 20.7. The van der Waals surface area contributed by atoms with Crippen molar-refractivity contribution >= 4 is 82.9 Å². The summed E-state index contributed by atoms with van der Waals surface area (Å²) >= 11 is 3.95. The zero-order valence-corrected chi connectivity index (χ0v) is 34.1. The highest BCUT2D eigenvalue weighted by atomic mass is 32.1. The molecule has 7 atom stereocenters. The minimum absolute atomic E-state index is 0.0226. The van der Waals surface area contributed by atoms with E-state index in [2.05, 4.69) is 42.1 Å². The van der Waals surface area contributed by atoms with E-state index in [0.717, 1.165) is 18.2 Å². The number of aliphatic hydroxyl groups is 2. The van der Waals surface area contributed by atoms with Crippen molar-refractivity contribution < 1.29 is 95.2 Å². The van der Waals surface area contributed by atoms with Gasteiger partial charge in [0, 0.05) is 44.5 Å². The fourth-order valence-electron chi connectivity index (χ4n) is 4.71. The van der Waals surface area contributed by atoms with Crippen LogP contribution in [0, 0.1) is 5.41 Å². The lowest BCUT2D eigenvalue weighted by Gasteiger charge is -2.30. The number of aromatic nitrogens is 2. The maximum absolute atomic E-state index is 12.7. The van der Waals surface area contributed by atoms with Gasteiger partial charge in [-0.1, -0.05) is 13.8 Å². The van der Waals surface area contributed by atoms with Crippen molar-refractivity contribution in [2.75, 3.05) is 54.3 Å². The summed E-state index contributed by atoms with van der Waals surface area (Å²) in [5.41, 5.74) is 4.34. The van der Waals surface area contributed by atoms with Crippen molar-refractivity contribution in [3.63, 3.8) is 0 Å². The molecule has 324 valence electrons. The number of carbonyl (C=O) groups excluding carboxylic acids is 4. The molecule has 3 amide bonds. The highest BCUT2D eigenvalue weighted by Gasteiger charge is 2.53. The lowest BCUT2D eigenvalue weighted by atomic mass is 9.87. The number of carboxylic acid groups (broad SMARTS) is 1. The Morgan fingerprint density at radius 3 is 2.19 bits per heavy atom. The predicted molar refractivity (Wildman–Crippen MR) is 194 cm³/mol. The second-order valence-corrected chi connectivity index (χ2v) is 17.2. The van der Waals surface area contributed by atoms with Crippen molar-refractivity contribution in [2.24, 2.45) is 5.41 Å². The molecule has 3 heterocycles. The Balaban J connectivity index is 0.00000173. The topological polar surface area (TPSA) is 407 Å². The van der Waals surface area contributed by atoms with Gasteiger partial charge in [-0.2, -0.15) is 16.9 Å². The molecule has 0 radical (unpaired) electrons. The largest absolute Gasteiger partial charge is 0.481 e. The zero-order valence-electron chi connectivity index (χ0n) is 30.5. The lowest BCUT2D eigenvalue weighted by molar-refractivity contribution is -0.148. The Morgan fingerprint density at radius 1 is 1.05 bits per heavy atom. The third kappa shape index (κ3) is 15.2. The van der Waals surface area contributed by atoms with Crippen LogP contribution in [0.3, 0.4) is 0 Å². The Kier molecular flexibility index (Phi) is 18.1. The van der Waals surface area contributed by atoms with Gasteiger partial charge in [0.25, 0.3) is 0 Å². The molecule has 0 aliphatic carbocycles. The molecular formula is C26H44N7O20P3S. The fourth-order valence-corrected chi connectivity index (χ4v) is 7.65. The minimum Gasteiger partial charge on any atom is -0.476 e. The van der Waals surface area contributed by atoms with E-state index in [-0.39, 0.29) is 42.9 Å². The summed E-state index contributed by atoms with van der Waals surface area (Å²) < 4.78 is 61.0. The van der Waals surface area contributed by atoms with Gasteiger partial charge >= 0.3 is 29.4 Å². The second-order valence-electron chi connectivity index (χ2n) is 12.6. The van der Waals surface area contributed by atoms with Gasteiger partial charge in [0.05, 0.1) is 13.2 Å². The number of amides is 3. The van der Waals surface area contributed by atoms with Crippen molar-refractivity contribution in [1.82, 2.24) is 20.6 Å². The first-order valence-corrected chi connectivity index (χ1v) is 21.2. The predicted octanol–water partition coefficient (Wildman–Crippen LogP) is -2.40. The van der Waals surface area contributed by atoms with Gasteiger partial charge in [0.2, 0.25) is 23.5 Å². The number of hydrogen-bond acceptors (Lipinski definition) is 20. The number of carboxylic acids is 1. The van der Waals surface area contributed by atoms with E-state index in [1.54, 1.807) is 0 Å². The highest BCUT2D eigenvalue weighted by Crippen LogP contribution is 2.61. The average molecular weight is 900 g/mol. The van der Waals surface area contributed by atoms with Crippen LogP contribution in [0.15, 0.2) is 6.33 Å². The summed E-state index contributed by atoms with van der Waals surface area (Å²) in [7, 11) is -16.4. The molecule has 2 aliphatic rings. The molecule has 0 bridgehead atoms. The summed E-state index contributed by atoms with van der Waals surface area (Å²) in [5.74, 6) is -3.80. The molecule has 27 nitrogen and oxygen atoms in total. The van der Waals surface area contributed by atoms with Crippen molar-refractivity contribution in [1.29, 1.82) is 0 Å². The lowest BCUT2D eigenvalue weighted by Crippen LogP contribution is -2.47. The number of aliphatic hydroxyl groups excluding tert-OH is 2. The summed E-state index contributed by atoms with van der Waals surface area (Å²) in [5, 5.41) is 33.9. The van der Waals surface area contributed by atoms with Crippen molar-refractivity contribution in [2.45, 2.75) is 64.8 Å². The van der Waals surface area contributed by atoms with Crippen LogP contribution in [0.4, 0.5) is 17.3 Å². The molecule has 57 heavy (non-hydrogen) atoms. The Labute approximate surface area is 329 Å². The Hall–Kier alpha value is -3.17. The number of rotatable bonds is 19. The monoisotopic (exact) mass is 899 g/mol. The van der Waals surface area contributed by atoms with Crippen LogP contribution in [0.1, 0.15) is 34.1 Å². The van der Waals surface area contributed by atoms with E-state index in [1.165, 1.54) is 25.7 Å². The smallest absolute Gasteiger partial charge is 0.476 e. The number of aliphatic carboxylic acids is 1. The van der Waals surface area contributed by atoms with Gasteiger partial charge in [-0.3, -0.25) is 37.6 Å². The maximum Gasteiger partial charge on any atom is 0.481 e. The van der Waals surface area contributed by atoms with E-state index in [4.69, 9.17) is 24.6 Å². The van der Waals surface area contributed by atoms with Crippen LogP contribution < -0.4 is 26.2 Å². The number of Topliss-reactive ketones (excluding diaryl/α,β-unsaturated/α-hetero) is 1. The van der Waals surface area contributed by atoms with E-state index in [1.807, 2.05) is 0 Å². The minimum atomic E-state index is -5.59. The van der Waals surface area contributed by atoms with E-state index in [9.17, 15) is 67.5 Å². The molecule has 2 aliphatic heterocycles. The first-order valence-electron chi connectivity index (χ1n) is 16.1. The number of thiol groups is 1. The first-order chi connectivity index (χ1) is 26.1. The van der Waals surface area contributed by atoms with E-state index < -0.39 is 96.3 Å². The molecule has 1 saturated heterocycles. The van der Waals surface area contributed by atoms with E-state index in [0.29, 0.717) is 12.3 Å². The van der Waals surface area contributed by atoms with E-state index >= 15 is 0 Å². The number of nitrogens with two attached hydrogens (primary N) is 1. The molecule has 11 N–H and O–H groups in total. The number of phosphoric ester groups is 3. The first kappa shape index (κ1) is 50.0. The quantitative estimate of drug-likeness (QED) is 0.0392. The fraction of sp³-hybridized carbons (Fsp3) is 0.654. The molecule has 1 fully saturated rings. The average Bonchev–Trinajstić information content (AvgIpc) is 3.62. The summed E-state index contributed by atoms with van der Waals surface area (Å²) in [6.45, 7) is 2.49. The summed E-state index contributed by atoms with van der Waals surface area (Å²) in [4.78, 5) is 105. The molecule has 0 spiro atoms. The van der Waals surface area contributed by atoms with Crippen LogP contribution in [0.25, 0.3) is 0 Å². The molecule has 1 aromatic rings. The van der Waals surface area contributed by atoms with Gasteiger partial charge in [-0.15, -0.1) is 0 Å². The van der Waals surface area contributed by atoms with Crippen LogP contribution in [0.2, 0.25) is 0 Å². The maximum atomic E-state index is 12.7. The third-order valence-electron chi connectivity index (χ3n) is 7.51. The molecule has 1 aromatic heterocycles. The van der Waals surface area contributed by atoms with Gasteiger partial charge in [0.15, 0.2) is 17.9 Å². The number of anilines is 3. The highest BCUT2D eigenvalue weighted by molar-refractivity contribution is 7.80. The SMILES string of the molecule is CC(=O)C(=O)O.CC(=O)N1CN([C@@H]2O[C@H](COP(=O)(O)OP(=O)(O)OCC(C)(C)[C@@H](O)C(=O)NCCC(=O)NCCS)[C@@H](OP(=O)(O)O)[C@H]2O)c2ncnc(N)c21. The number of nitrogens with zero attached hydrogens (tertiary/aromatic N) is 4. The Bertz CT molecular complexity index is 1780. The number of nitrogen functional groups attached to an aromatic ring is 1. The number of ketones is 1. The van der Waals surface area contributed by atoms with Crippen molar-refractivity contribution in [3.8, 4) is 0 Å². The normalized spacial score (nSPS) is 21.9. The molecule has 3 rings (SSSR count). The van der Waals surface area contributed by atoms with Gasteiger partial charge in [-0.25, -0.2) is 28.5 Å². The van der Waals surface area contributed by atoms with Crippen LogP contribution in [-0.2, 0) is 60.3 Å². The number of ether oxygens (including phenoxy) is 1. The Morgan fingerprint density at radius 2 is 1.65 bits per heavy atom. The summed E-state index contributed by atoms with van der Waals surface area (Å²) in [6, 6.07) is 0.